The maximum Gasteiger partial charge on any atom is 0.245 e. The number of aromatic nitrogens is 2. The number of ether oxygens (including phenoxy) is 2. The third-order valence-electron chi connectivity index (χ3n) is 5.52. The minimum Gasteiger partial charge on any atom is -1.00 e. The molecule has 0 aliphatic rings. The standard InChI is InChI=1S/C27H31N2O2.BrH/c1-4-30-26-11-7-8-12-27(26)31-18-17-28-20-29(25-10-6-5-9-24(25)28)19-22-13-15-23(16-14-22)21(2)3;/h5-16,20-21H,4,17-19H2,1-3H3;1H/q+1;/p-1. The molecule has 0 atom stereocenters. The first-order chi connectivity index (χ1) is 15.2. The summed E-state index contributed by atoms with van der Waals surface area (Å²) >= 11 is 0. The first kappa shape index (κ1) is 23.9. The summed E-state index contributed by atoms with van der Waals surface area (Å²) in [6, 6.07) is 25.3. The second-order valence-electron chi connectivity index (χ2n) is 8.05. The van der Waals surface area contributed by atoms with E-state index in [0.29, 0.717) is 19.1 Å². The summed E-state index contributed by atoms with van der Waals surface area (Å²) in [5.41, 5.74) is 5.12. The Balaban J connectivity index is 0.00000289. The maximum atomic E-state index is 6.05. The van der Waals surface area contributed by atoms with E-state index in [0.717, 1.165) is 24.6 Å². The topological polar surface area (TPSA) is 27.3 Å². The molecule has 4 aromatic rings. The van der Waals surface area contributed by atoms with Crippen LogP contribution < -0.4 is 31.0 Å². The van der Waals surface area contributed by atoms with Gasteiger partial charge in [0.15, 0.2) is 22.5 Å². The molecule has 0 saturated heterocycles. The molecule has 0 amide bonds. The lowest BCUT2D eigenvalue weighted by atomic mass is 10.0. The van der Waals surface area contributed by atoms with Crippen molar-refractivity contribution in [2.24, 2.45) is 0 Å². The van der Waals surface area contributed by atoms with Gasteiger partial charge in [-0.15, -0.1) is 0 Å². The molecule has 0 aliphatic carbocycles. The average molecular weight is 495 g/mol. The molecule has 0 unspecified atom stereocenters. The van der Waals surface area contributed by atoms with Crippen LogP contribution in [0.2, 0.25) is 0 Å². The van der Waals surface area contributed by atoms with E-state index in [1.165, 1.54) is 22.2 Å². The minimum atomic E-state index is 0. The van der Waals surface area contributed by atoms with Crippen molar-refractivity contribution in [1.29, 1.82) is 0 Å². The van der Waals surface area contributed by atoms with E-state index in [-0.39, 0.29) is 17.0 Å². The molecule has 0 bridgehead atoms. The molecule has 3 aromatic carbocycles. The van der Waals surface area contributed by atoms with E-state index in [9.17, 15) is 0 Å². The van der Waals surface area contributed by atoms with Crippen molar-refractivity contribution in [2.45, 2.75) is 39.8 Å². The predicted molar refractivity (Wildman–Crippen MR) is 125 cm³/mol. The molecule has 0 spiro atoms. The Hall–Kier alpha value is -2.79. The van der Waals surface area contributed by atoms with E-state index >= 15 is 0 Å². The lowest BCUT2D eigenvalue weighted by molar-refractivity contribution is -0.663. The molecule has 0 aliphatic heterocycles. The number of hydrogen-bond donors (Lipinski definition) is 0. The minimum absolute atomic E-state index is 0. The van der Waals surface area contributed by atoms with E-state index < -0.39 is 0 Å². The van der Waals surface area contributed by atoms with E-state index in [4.69, 9.17) is 9.47 Å². The molecule has 32 heavy (non-hydrogen) atoms. The molecule has 5 heteroatoms. The van der Waals surface area contributed by atoms with Crippen molar-refractivity contribution in [3.8, 4) is 11.5 Å². The van der Waals surface area contributed by atoms with E-state index in [1.54, 1.807) is 0 Å². The molecular weight excluding hydrogens is 464 g/mol. The number of imidazole rings is 1. The highest BCUT2D eigenvalue weighted by molar-refractivity contribution is 5.71. The third kappa shape index (κ3) is 5.52. The second-order valence-corrected chi connectivity index (χ2v) is 8.05. The Bertz CT molecular complexity index is 1140. The highest BCUT2D eigenvalue weighted by Gasteiger charge is 2.16. The molecule has 1 aromatic heterocycles. The van der Waals surface area contributed by atoms with Crippen LogP contribution in [0.1, 0.15) is 37.8 Å². The predicted octanol–water partition coefficient (Wildman–Crippen LogP) is 2.58. The fraction of sp³-hybridized carbons (Fsp3) is 0.296. The molecule has 4 rings (SSSR count). The van der Waals surface area contributed by atoms with Gasteiger partial charge in [0, 0.05) is 0 Å². The van der Waals surface area contributed by atoms with Gasteiger partial charge in [0.2, 0.25) is 6.33 Å². The number of para-hydroxylation sites is 4. The van der Waals surface area contributed by atoms with Crippen LogP contribution in [0.25, 0.3) is 11.0 Å². The average Bonchev–Trinajstić information content (AvgIpc) is 3.13. The van der Waals surface area contributed by atoms with Gasteiger partial charge in [-0.3, -0.25) is 0 Å². The summed E-state index contributed by atoms with van der Waals surface area (Å²) in [6.45, 7) is 9.25. The molecule has 0 radical (unpaired) electrons. The van der Waals surface area contributed by atoms with Gasteiger partial charge in [0.1, 0.15) is 19.7 Å². The highest BCUT2D eigenvalue weighted by atomic mass is 79.9. The molecule has 1 heterocycles. The van der Waals surface area contributed by atoms with Gasteiger partial charge in [-0.05, 0) is 48.2 Å². The fourth-order valence-corrected chi connectivity index (χ4v) is 3.85. The quantitative estimate of drug-likeness (QED) is 0.334. The Morgan fingerprint density at radius 3 is 2.19 bits per heavy atom. The number of fused-ring (bicyclic) bond motifs is 1. The van der Waals surface area contributed by atoms with Crippen molar-refractivity contribution >= 4 is 11.0 Å². The Labute approximate surface area is 201 Å². The van der Waals surface area contributed by atoms with Crippen LogP contribution in [-0.4, -0.2) is 17.8 Å². The SMILES string of the molecule is CCOc1ccccc1OCCn1c[n+](Cc2ccc(C(C)C)cc2)c2ccccc21.[Br-]. The van der Waals surface area contributed by atoms with Crippen molar-refractivity contribution in [3.63, 3.8) is 0 Å². The monoisotopic (exact) mass is 494 g/mol. The van der Waals surface area contributed by atoms with Gasteiger partial charge in [-0.2, -0.15) is 0 Å². The van der Waals surface area contributed by atoms with Crippen LogP contribution in [0.15, 0.2) is 79.1 Å². The van der Waals surface area contributed by atoms with E-state index in [2.05, 4.69) is 77.8 Å². The Morgan fingerprint density at radius 2 is 1.50 bits per heavy atom. The van der Waals surface area contributed by atoms with Crippen LogP contribution in [0.4, 0.5) is 0 Å². The van der Waals surface area contributed by atoms with Crippen molar-refractivity contribution < 1.29 is 31.0 Å². The van der Waals surface area contributed by atoms with Crippen LogP contribution in [-0.2, 0) is 13.1 Å². The summed E-state index contributed by atoms with van der Waals surface area (Å²) in [4.78, 5) is 0. The highest BCUT2D eigenvalue weighted by Crippen LogP contribution is 2.26. The third-order valence-corrected chi connectivity index (χ3v) is 5.52. The van der Waals surface area contributed by atoms with Gasteiger partial charge in [-0.25, -0.2) is 9.13 Å². The molecule has 0 saturated carbocycles. The smallest absolute Gasteiger partial charge is 0.245 e. The van der Waals surface area contributed by atoms with Gasteiger partial charge in [0.25, 0.3) is 0 Å². The lowest BCUT2D eigenvalue weighted by Gasteiger charge is -2.10. The van der Waals surface area contributed by atoms with Crippen molar-refractivity contribution in [2.75, 3.05) is 13.2 Å². The fourth-order valence-electron chi connectivity index (χ4n) is 3.85. The van der Waals surface area contributed by atoms with Gasteiger partial charge in [-0.1, -0.05) is 62.4 Å². The summed E-state index contributed by atoms with van der Waals surface area (Å²) < 4.78 is 16.3. The van der Waals surface area contributed by atoms with Crippen molar-refractivity contribution in [3.05, 3.63) is 90.3 Å². The summed E-state index contributed by atoms with van der Waals surface area (Å²) in [5, 5.41) is 0. The largest absolute Gasteiger partial charge is 1.00 e. The zero-order valence-electron chi connectivity index (χ0n) is 19.0. The van der Waals surface area contributed by atoms with Gasteiger partial charge in [0.05, 0.1) is 6.61 Å². The number of nitrogens with zero attached hydrogens (tertiary/aromatic N) is 2. The normalized spacial score (nSPS) is 10.9. The Morgan fingerprint density at radius 1 is 0.844 bits per heavy atom. The molecule has 168 valence electrons. The maximum absolute atomic E-state index is 6.05. The number of rotatable bonds is 9. The van der Waals surface area contributed by atoms with Gasteiger partial charge >= 0.3 is 0 Å². The summed E-state index contributed by atoms with van der Waals surface area (Å²) in [7, 11) is 0. The first-order valence-electron chi connectivity index (χ1n) is 11.1. The number of benzene rings is 3. The Kier molecular flexibility index (Phi) is 8.34. The van der Waals surface area contributed by atoms with Crippen molar-refractivity contribution in [1.82, 2.24) is 4.57 Å². The molecule has 0 fully saturated rings. The van der Waals surface area contributed by atoms with Crippen LogP contribution in [0, 0.1) is 0 Å². The van der Waals surface area contributed by atoms with Crippen LogP contribution in [0.3, 0.4) is 0 Å². The van der Waals surface area contributed by atoms with Crippen LogP contribution in [0.5, 0.6) is 11.5 Å². The molecule has 4 nitrogen and oxygen atoms in total. The number of hydrogen-bond acceptors (Lipinski definition) is 2. The summed E-state index contributed by atoms with van der Waals surface area (Å²) in [6.07, 6.45) is 2.19. The molecular formula is C27H31BrN2O2. The van der Waals surface area contributed by atoms with Crippen LogP contribution >= 0.6 is 0 Å². The lowest BCUT2D eigenvalue weighted by Crippen LogP contribution is -3.00. The first-order valence-corrected chi connectivity index (χ1v) is 11.1. The second kappa shape index (κ2) is 11.2. The summed E-state index contributed by atoms with van der Waals surface area (Å²) in [5.74, 6) is 2.14. The number of halogens is 1. The molecule has 0 N–H and O–H groups in total. The zero-order chi connectivity index (χ0) is 21.6. The van der Waals surface area contributed by atoms with E-state index in [1.807, 2.05) is 31.2 Å². The zero-order valence-corrected chi connectivity index (χ0v) is 20.6. The van der Waals surface area contributed by atoms with Gasteiger partial charge < -0.3 is 26.5 Å².